The Hall–Kier alpha value is -1.81. The van der Waals surface area contributed by atoms with Crippen molar-refractivity contribution in [3.8, 4) is 0 Å². The van der Waals surface area contributed by atoms with Crippen molar-refractivity contribution < 1.29 is 0 Å². The van der Waals surface area contributed by atoms with E-state index < -0.39 is 0 Å². The second kappa shape index (κ2) is 7.99. The predicted octanol–water partition coefficient (Wildman–Crippen LogP) is 3.74. The van der Waals surface area contributed by atoms with Gasteiger partial charge in [-0.25, -0.2) is 0 Å². The summed E-state index contributed by atoms with van der Waals surface area (Å²) in [5.74, 6) is 0. The predicted molar refractivity (Wildman–Crippen MR) is 96.3 cm³/mol. The maximum atomic E-state index is 6.00. The molecule has 0 radical (unpaired) electrons. The number of anilines is 2. The van der Waals surface area contributed by atoms with E-state index in [4.69, 9.17) is 5.73 Å². The highest BCUT2D eigenvalue weighted by atomic mass is 15.1. The van der Waals surface area contributed by atoms with Gasteiger partial charge in [0.1, 0.15) is 0 Å². The highest BCUT2D eigenvalue weighted by Gasteiger charge is 2.08. The third-order valence-corrected chi connectivity index (χ3v) is 4.21. The molecule has 0 bridgehead atoms. The number of aromatic nitrogens is 1. The zero-order valence-electron chi connectivity index (χ0n) is 14.0. The number of hydrogen-bond acceptors (Lipinski definition) is 4. The molecule has 4 heteroatoms. The standard InChI is InChI=1S/C18H28N4/c1-4-22(5-2)13-7-8-14(3)21-17-11-12-20-18-15(17)9-6-10-16(18)19/h6,9-12,14H,4-5,7-8,13,19H2,1-3H3,(H,20,21)/t14-/m1/s1. The van der Waals surface area contributed by atoms with Gasteiger partial charge in [-0.1, -0.05) is 26.0 Å². The molecule has 1 heterocycles. The summed E-state index contributed by atoms with van der Waals surface area (Å²) in [7, 11) is 0. The molecule has 2 rings (SSSR count). The second-order valence-electron chi connectivity index (χ2n) is 5.82. The lowest BCUT2D eigenvalue weighted by molar-refractivity contribution is 0.295. The van der Waals surface area contributed by atoms with E-state index in [2.05, 4.69) is 42.0 Å². The topological polar surface area (TPSA) is 54.2 Å². The van der Waals surface area contributed by atoms with Gasteiger partial charge in [-0.2, -0.15) is 0 Å². The first-order valence-corrected chi connectivity index (χ1v) is 8.27. The number of fused-ring (bicyclic) bond motifs is 1. The Bertz CT molecular complexity index is 593. The smallest absolute Gasteiger partial charge is 0.0951 e. The van der Waals surface area contributed by atoms with Crippen molar-refractivity contribution in [1.82, 2.24) is 9.88 Å². The van der Waals surface area contributed by atoms with Crippen LogP contribution in [0.5, 0.6) is 0 Å². The summed E-state index contributed by atoms with van der Waals surface area (Å²) >= 11 is 0. The Morgan fingerprint density at radius 3 is 2.73 bits per heavy atom. The SMILES string of the molecule is CCN(CC)CCC[C@@H](C)Nc1ccnc2c(N)cccc12. The van der Waals surface area contributed by atoms with Gasteiger partial charge < -0.3 is 16.0 Å². The van der Waals surface area contributed by atoms with Crippen molar-refractivity contribution in [2.24, 2.45) is 0 Å². The van der Waals surface area contributed by atoms with Crippen LogP contribution in [0.2, 0.25) is 0 Å². The van der Waals surface area contributed by atoms with Crippen LogP contribution < -0.4 is 11.1 Å². The number of para-hydroxylation sites is 1. The van der Waals surface area contributed by atoms with E-state index in [0.29, 0.717) is 6.04 Å². The molecule has 3 N–H and O–H groups in total. The fourth-order valence-corrected chi connectivity index (χ4v) is 2.82. The van der Waals surface area contributed by atoms with E-state index in [1.165, 1.54) is 13.0 Å². The molecular formula is C18H28N4. The summed E-state index contributed by atoms with van der Waals surface area (Å²) in [6, 6.07) is 8.41. The maximum absolute atomic E-state index is 6.00. The summed E-state index contributed by atoms with van der Waals surface area (Å²) in [5.41, 5.74) is 8.73. The van der Waals surface area contributed by atoms with Gasteiger partial charge in [0.05, 0.1) is 11.2 Å². The Morgan fingerprint density at radius 1 is 1.23 bits per heavy atom. The maximum Gasteiger partial charge on any atom is 0.0951 e. The molecule has 4 nitrogen and oxygen atoms in total. The van der Waals surface area contributed by atoms with Gasteiger partial charge in [-0.05, 0) is 51.5 Å². The van der Waals surface area contributed by atoms with Gasteiger partial charge in [0.15, 0.2) is 0 Å². The first-order valence-electron chi connectivity index (χ1n) is 8.27. The third-order valence-electron chi connectivity index (χ3n) is 4.21. The van der Waals surface area contributed by atoms with Gasteiger partial charge in [-0.3, -0.25) is 4.98 Å². The van der Waals surface area contributed by atoms with Crippen molar-refractivity contribution >= 4 is 22.3 Å². The fourth-order valence-electron chi connectivity index (χ4n) is 2.82. The van der Waals surface area contributed by atoms with Crippen molar-refractivity contribution in [2.75, 3.05) is 30.7 Å². The Morgan fingerprint density at radius 2 is 2.00 bits per heavy atom. The summed E-state index contributed by atoms with van der Waals surface area (Å²) in [6.45, 7) is 10.1. The summed E-state index contributed by atoms with van der Waals surface area (Å²) in [6.07, 6.45) is 4.19. The minimum atomic E-state index is 0.433. The zero-order chi connectivity index (χ0) is 15.9. The number of benzene rings is 1. The lowest BCUT2D eigenvalue weighted by Gasteiger charge is -2.21. The zero-order valence-corrected chi connectivity index (χ0v) is 14.0. The van der Waals surface area contributed by atoms with Crippen LogP contribution in [-0.2, 0) is 0 Å². The lowest BCUT2D eigenvalue weighted by Crippen LogP contribution is -2.25. The average molecular weight is 300 g/mol. The number of hydrogen-bond donors (Lipinski definition) is 2. The van der Waals surface area contributed by atoms with Crippen molar-refractivity contribution in [3.63, 3.8) is 0 Å². The normalized spacial score (nSPS) is 12.7. The molecular weight excluding hydrogens is 272 g/mol. The number of pyridine rings is 1. The van der Waals surface area contributed by atoms with Crippen LogP contribution in [0, 0.1) is 0 Å². The Kier molecular flexibility index (Phi) is 6.01. The van der Waals surface area contributed by atoms with Crippen LogP contribution >= 0.6 is 0 Å². The molecule has 2 aromatic rings. The molecule has 0 aliphatic heterocycles. The minimum Gasteiger partial charge on any atom is -0.397 e. The van der Waals surface area contributed by atoms with Gasteiger partial charge in [0, 0.05) is 23.3 Å². The van der Waals surface area contributed by atoms with E-state index in [-0.39, 0.29) is 0 Å². The molecule has 22 heavy (non-hydrogen) atoms. The summed E-state index contributed by atoms with van der Waals surface area (Å²) < 4.78 is 0. The summed E-state index contributed by atoms with van der Waals surface area (Å²) in [5, 5.41) is 4.70. The molecule has 0 spiro atoms. The number of nitrogens with one attached hydrogen (secondary N) is 1. The largest absolute Gasteiger partial charge is 0.397 e. The Labute approximate surface area is 133 Å². The van der Waals surface area contributed by atoms with Crippen LogP contribution in [0.25, 0.3) is 10.9 Å². The third kappa shape index (κ3) is 4.10. The quantitative estimate of drug-likeness (QED) is 0.729. The molecule has 1 atom stereocenters. The minimum absolute atomic E-state index is 0.433. The molecule has 1 aromatic carbocycles. The lowest BCUT2D eigenvalue weighted by atomic mass is 10.1. The molecule has 0 saturated carbocycles. The van der Waals surface area contributed by atoms with Crippen molar-refractivity contribution in [1.29, 1.82) is 0 Å². The average Bonchev–Trinajstić information content (AvgIpc) is 2.53. The highest BCUT2D eigenvalue weighted by Crippen LogP contribution is 2.26. The van der Waals surface area contributed by atoms with E-state index >= 15 is 0 Å². The summed E-state index contributed by atoms with van der Waals surface area (Å²) in [4.78, 5) is 6.85. The van der Waals surface area contributed by atoms with E-state index in [1.807, 2.05) is 24.4 Å². The van der Waals surface area contributed by atoms with Gasteiger partial charge >= 0.3 is 0 Å². The first-order chi connectivity index (χ1) is 10.7. The van der Waals surface area contributed by atoms with Crippen molar-refractivity contribution in [2.45, 2.75) is 39.7 Å². The van der Waals surface area contributed by atoms with Gasteiger partial charge in [0.2, 0.25) is 0 Å². The number of rotatable bonds is 8. The molecule has 0 saturated heterocycles. The van der Waals surface area contributed by atoms with Crippen LogP contribution in [0.4, 0.5) is 11.4 Å². The second-order valence-corrected chi connectivity index (χ2v) is 5.82. The van der Waals surface area contributed by atoms with Crippen LogP contribution in [0.15, 0.2) is 30.5 Å². The highest BCUT2D eigenvalue weighted by molar-refractivity contribution is 5.97. The van der Waals surface area contributed by atoms with E-state index in [1.54, 1.807) is 0 Å². The van der Waals surface area contributed by atoms with E-state index in [0.717, 1.165) is 41.8 Å². The number of nitrogen functional groups attached to an aromatic ring is 1. The molecule has 0 aliphatic carbocycles. The molecule has 0 amide bonds. The van der Waals surface area contributed by atoms with Crippen LogP contribution in [-0.4, -0.2) is 35.6 Å². The monoisotopic (exact) mass is 300 g/mol. The molecule has 1 aromatic heterocycles. The molecule has 0 unspecified atom stereocenters. The molecule has 120 valence electrons. The fraction of sp³-hybridized carbons (Fsp3) is 0.500. The van der Waals surface area contributed by atoms with Gasteiger partial charge in [-0.15, -0.1) is 0 Å². The first kappa shape index (κ1) is 16.6. The van der Waals surface area contributed by atoms with Crippen molar-refractivity contribution in [3.05, 3.63) is 30.5 Å². The number of nitrogens with zero attached hydrogens (tertiary/aromatic N) is 2. The Balaban J connectivity index is 1.97. The number of nitrogens with two attached hydrogens (primary N) is 1. The van der Waals surface area contributed by atoms with Gasteiger partial charge in [0.25, 0.3) is 0 Å². The van der Waals surface area contributed by atoms with Crippen LogP contribution in [0.3, 0.4) is 0 Å². The molecule has 0 aliphatic rings. The van der Waals surface area contributed by atoms with Crippen LogP contribution in [0.1, 0.15) is 33.6 Å². The van der Waals surface area contributed by atoms with E-state index in [9.17, 15) is 0 Å². The molecule has 0 fully saturated rings.